The van der Waals surface area contributed by atoms with E-state index in [4.69, 9.17) is 9.47 Å². The smallest absolute Gasteiger partial charge is 0.337 e. The minimum atomic E-state index is -0.317. The zero-order chi connectivity index (χ0) is 22.3. The van der Waals surface area contributed by atoms with Crippen LogP contribution >= 0.6 is 0 Å². The van der Waals surface area contributed by atoms with Crippen molar-refractivity contribution in [3.05, 3.63) is 64.7 Å². The Bertz CT molecular complexity index is 981. The van der Waals surface area contributed by atoms with Crippen molar-refractivity contribution in [1.82, 2.24) is 4.90 Å². The van der Waals surface area contributed by atoms with E-state index in [9.17, 15) is 4.79 Å². The predicted molar refractivity (Wildman–Crippen MR) is 126 cm³/mol. The summed E-state index contributed by atoms with van der Waals surface area (Å²) in [5, 5.41) is 0. The van der Waals surface area contributed by atoms with E-state index in [2.05, 4.69) is 36.9 Å². The second kappa shape index (κ2) is 8.55. The summed E-state index contributed by atoms with van der Waals surface area (Å²) in [5.41, 5.74) is 5.19. The quantitative estimate of drug-likeness (QED) is 0.565. The first kappa shape index (κ1) is 21.5. The molecule has 2 bridgehead atoms. The number of rotatable bonds is 7. The lowest BCUT2D eigenvalue weighted by molar-refractivity contribution is 0.00997. The van der Waals surface area contributed by atoms with Gasteiger partial charge < -0.3 is 9.47 Å². The van der Waals surface area contributed by atoms with Crippen LogP contribution in [0.4, 0.5) is 0 Å². The second-order valence-electron chi connectivity index (χ2n) is 10.2. The van der Waals surface area contributed by atoms with Crippen LogP contribution in [0.2, 0.25) is 0 Å². The van der Waals surface area contributed by atoms with Gasteiger partial charge in [-0.15, -0.1) is 0 Å². The second-order valence-corrected chi connectivity index (χ2v) is 10.2. The number of aryl methyl sites for hydroxylation is 1. The fourth-order valence-electron chi connectivity index (χ4n) is 6.17. The number of piperidine rings is 1. The number of hydrogen-bond donors (Lipinski definition) is 0. The van der Waals surface area contributed by atoms with Gasteiger partial charge in [0.2, 0.25) is 0 Å². The molecule has 0 amide bonds. The highest BCUT2D eigenvalue weighted by Crippen LogP contribution is 2.51. The number of methoxy groups -OCH3 is 1. The Morgan fingerprint density at radius 2 is 1.94 bits per heavy atom. The lowest BCUT2D eigenvalue weighted by Crippen LogP contribution is -2.59. The molecule has 3 aliphatic rings. The van der Waals surface area contributed by atoms with Gasteiger partial charge in [0.05, 0.1) is 19.3 Å². The molecule has 0 radical (unpaired) electrons. The number of nitrogens with zero attached hydrogens (tertiary/aromatic N) is 1. The normalized spacial score (nSPS) is 27.0. The average molecular weight is 434 g/mol. The number of carbonyl (C=O) groups is 1. The minimum absolute atomic E-state index is 0.177. The molecule has 2 aromatic rings. The molecule has 2 aliphatic carbocycles. The van der Waals surface area contributed by atoms with Crippen LogP contribution in [0.1, 0.15) is 59.7 Å². The van der Waals surface area contributed by atoms with E-state index < -0.39 is 0 Å². The average Bonchev–Trinajstić information content (AvgIpc) is 3.62. The van der Waals surface area contributed by atoms with E-state index in [1.54, 1.807) is 23.3 Å². The Morgan fingerprint density at radius 1 is 1.16 bits per heavy atom. The fraction of sp³-hybridized carbons (Fsp3) is 0.536. The number of hydrogen-bond acceptors (Lipinski definition) is 4. The molecule has 32 heavy (non-hydrogen) atoms. The van der Waals surface area contributed by atoms with Crippen LogP contribution in [0, 0.1) is 18.8 Å². The summed E-state index contributed by atoms with van der Waals surface area (Å²) in [5.74, 6) is 2.05. The number of carbonyl (C=O) groups excluding carboxylic acids is 1. The molecular weight excluding hydrogens is 398 g/mol. The van der Waals surface area contributed by atoms with Crippen LogP contribution in [-0.4, -0.2) is 43.7 Å². The summed E-state index contributed by atoms with van der Waals surface area (Å²) in [4.78, 5) is 14.5. The van der Waals surface area contributed by atoms with Gasteiger partial charge in [-0.1, -0.05) is 30.7 Å². The maximum Gasteiger partial charge on any atom is 0.337 e. The van der Waals surface area contributed by atoms with Gasteiger partial charge in [0.25, 0.3) is 0 Å². The molecule has 0 unspecified atom stereocenters. The summed E-state index contributed by atoms with van der Waals surface area (Å²) >= 11 is 0. The Labute approximate surface area is 191 Å². The molecule has 1 heterocycles. The van der Waals surface area contributed by atoms with E-state index in [0.717, 1.165) is 18.1 Å². The van der Waals surface area contributed by atoms with Gasteiger partial charge in [0.15, 0.2) is 0 Å². The topological polar surface area (TPSA) is 38.8 Å². The van der Waals surface area contributed by atoms with Gasteiger partial charge in [-0.25, -0.2) is 4.79 Å². The molecule has 2 aromatic carbocycles. The van der Waals surface area contributed by atoms with Crippen molar-refractivity contribution in [3.8, 4) is 5.75 Å². The lowest BCUT2D eigenvalue weighted by Gasteiger charge is -2.56. The van der Waals surface area contributed by atoms with E-state index in [0.29, 0.717) is 24.1 Å². The highest BCUT2D eigenvalue weighted by Gasteiger charge is 2.51. The highest BCUT2D eigenvalue weighted by atomic mass is 16.5. The summed E-state index contributed by atoms with van der Waals surface area (Å²) < 4.78 is 11.0. The lowest BCUT2D eigenvalue weighted by atomic mass is 9.56. The molecule has 1 saturated heterocycles. The molecule has 3 atom stereocenters. The molecule has 5 rings (SSSR count). The molecule has 0 spiro atoms. The fourth-order valence-corrected chi connectivity index (χ4v) is 6.17. The van der Waals surface area contributed by atoms with E-state index in [-0.39, 0.29) is 11.4 Å². The van der Waals surface area contributed by atoms with E-state index >= 15 is 0 Å². The van der Waals surface area contributed by atoms with Crippen LogP contribution in [0.3, 0.4) is 0 Å². The Hall–Kier alpha value is -2.33. The van der Waals surface area contributed by atoms with Crippen LogP contribution in [0.25, 0.3) is 0 Å². The number of benzene rings is 2. The van der Waals surface area contributed by atoms with Crippen molar-refractivity contribution >= 4 is 5.97 Å². The first-order valence-corrected chi connectivity index (χ1v) is 12.2. The Balaban J connectivity index is 1.35. The summed E-state index contributed by atoms with van der Waals surface area (Å²) in [6.45, 7) is 7.87. The molecule has 0 aromatic heterocycles. The van der Waals surface area contributed by atoms with Gasteiger partial charge in [-0.2, -0.15) is 0 Å². The van der Waals surface area contributed by atoms with Gasteiger partial charge in [0, 0.05) is 18.0 Å². The van der Waals surface area contributed by atoms with Gasteiger partial charge in [-0.05, 0) is 92.8 Å². The van der Waals surface area contributed by atoms with Crippen molar-refractivity contribution in [2.75, 3.05) is 26.8 Å². The first-order valence-electron chi connectivity index (χ1n) is 12.2. The van der Waals surface area contributed by atoms with Crippen molar-refractivity contribution < 1.29 is 14.3 Å². The van der Waals surface area contributed by atoms with Crippen LogP contribution in [-0.2, 0) is 16.6 Å². The largest absolute Gasteiger partial charge is 0.494 e. The van der Waals surface area contributed by atoms with E-state index in [1.165, 1.54) is 51.4 Å². The maximum absolute atomic E-state index is 11.7. The van der Waals surface area contributed by atoms with Crippen molar-refractivity contribution in [3.63, 3.8) is 0 Å². The van der Waals surface area contributed by atoms with Crippen molar-refractivity contribution in [2.45, 2.75) is 57.4 Å². The zero-order valence-electron chi connectivity index (χ0n) is 19.6. The van der Waals surface area contributed by atoms with Gasteiger partial charge in [-0.3, -0.25) is 4.90 Å². The molecule has 4 nitrogen and oxygen atoms in total. The third kappa shape index (κ3) is 3.94. The Morgan fingerprint density at radius 3 is 2.66 bits per heavy atom. The predicted octanol–water partition coefficient (Wildman–Crippen LogP) is 5.17. The van der Waals surface area contributed by atoms with Crippen molar-refractivity contribution in [1.29, 1.82) is 0 Å². The zero-order valence-corrected chi connectivity index (χ0v) is 19.6. The first-order chi connectivity index (χ1) is 15.5. The summed E-state index contributed by atoms with van der Waals surface area (Å²) in [6, 6.07) is 15.0. The van der Waals surface area contributed by atoms with Crippen LogP contribution in [0.5, 0.6) is 5.75 Å². The SMILES string of the molecule is COC(=O)c1ccc(OCC[C@@]23CCN(CC4CC4)[C@H](Cc4ccc(C)cc42)[C@@H]3C)cc1. The monoisotopic (exact) mass is 433 g/mol. The third-order valence-electron chi connectivity index (χ3n) is 8.28. The van der Waals surface area contributed by atoms with Gasteiger partial charge in [0.1, 0.15) is 5.75 Å². The number of fused-ring (bicyclic) bond motifs is 4. The standard InChI is InChI=1S/C28H35NO3/c1-19-4-7-23-17-26-20(2)28(25(23)16-19,12-14-29(26)18-21-5-6-21)13-15-32-24-10-8-22(9-11-24)27(30)31-3/h4,7-11,16,20-21,26H,5-6,12-15,17-18H2,1-3H3/t20-,26+,28+/m0/s1. The number of esters is 1. The molecular formula is C28H35NO3. The van der Waals surface area contributed by atoms with E-state index in [1.807, 2.05) is 12.1 Å². The molecule has 2 fully saturated rings. The third-order valence-corrected chi connectivity index (χ3v) is 8.28. The maximum atomic E-state index is 11.7. The van der Waals surface area contributed by atoms with Crippen molar-refractivity contribution in [2.24, 2.45) is 11.8 Å². The molecule has 1 saturated carbocycles. The highest BCUT2D eigenvalue weighted by molar-refractivity contribution is 5.89. The van der Waals surface area contributed by atoms with Crippen LogP contribution < -0.4 is 4.74 Å². The molecule has 0 N–H and O–H groups in total. The number of likely N-dealkylation sites (tertiary alicyclic amines) is 1. The Kier molecular flexibility index (Phi) is 5.75. The molecule has 4 heteroatoms. The molecule has 1 aliphatic heterocycles. The van der Waals surface area contributed by atoms with Gasteiger partial charge >= 0.3 is 5.97 Å². The minimum Gasteiger partial charge on any atom is -0.494 e. The molecule has 170 valence electrons. The van der Waals surface area contributed by atoms with Crippen LogP contribution in [0.15, 0.2) is 42.5 Å². The summed E-state index contributed by atoms with van der Waals surface area (Å²) in [7, 11) is 1.40. The number of ether oxygens (including phenoxy) is 2. The summed E-state index contributed by atoms with van der Waals surface area (Å²) in [6.07, 6.45) is 6.25.